The molecule has 4 aromatic carbocycles. The molecule has 6 rings (SSSR count). The van der Waals surface area contributed by atoms with Gasteiger partial charge in [-0.1, -0.05) is 113 Å². The maximum atomic E-state index is 12.9. The van der Waals surface area contributed by atoms with Crippen LogP contribution < -0.4 is 5.32 Å². The summed E-state index contributed by atoms with van der Waals surface area (Å²) in [4.78, 5) is 12.9. The van der Waals surface area contributed by atoms with Gasteiger partial charge >= 0.3 is 0 Å². The van der Waals surface area contributed by atoms with Crippen LogP contribution in [0.3, 0.4) is 0 Å². The zero-order valence-corrected chi connectivity index (χ0v) is 21.1. The molecule has 0 aliphatic carbocycles. The number of hydrogen-bond donors (Lipinski definition) is 1. The Morgan fingerprint density at radius 1 is 0.750 bits per heavy atom. The molecule has 2 heterocycles. The van der Waals surface area contributed by atoms with Gasteiger partial charge in [0.25, 0.3) is 5.91 Å². The quantitative estimate of drug-likeness (QED) is 0.261. The molecule has 1 aromatic heterocycles. The third-order valence-corrected chi connectivity index (χ3v) is 7.71. The molecule has 5 heteroatoms. The zero-order chi connectivity index (χ0) is 24.5. The maximum Gasteiger partial charge on any atom is 0.252 e. The van der Waals surface area contributed by atoms with Gasteiger partial charge in [0.1, 0.15) is 5.54 Å². The van der Waals surface area contributed by atoms with Crippen molar-refractivity contribution in [2.75, 3.05) is 0 Å². The predicted molar refractivity (Wildman–Crippen MR) is 145 cm³/mol. The predicted octanol–water partition coefficient (Wildman–Crippen LogP) is 6.51. The second-order valence-corrected chi connectivity index (χ2v) is 9.84. The fourth-order valence-electron chi connectivity index (χ4n) is 5.29. The molecule has 1 N–H and O–H groups in total. The molecule has 1 atom stereocenters. The molecular formula is C31H24BrN3O. The first-order chi connectivity index (χ1) is 17.7. The van der Waals surface area contributed by atoms with Crippen LogP contribution in [-0.2, 0) is 12.0 Å². The number of nitrogens with zero attached hydrogens (tertiary/aromatic N) is 2. The molecule has 4 nitrogen and oxygen atoms in total. The summed E-state index contributed by atoms with van der Waals surface area (Å²) in [6.45, 7) is 0. The van der Waals surface area contributed by atoms with E-state index in [1.807, 2.05) is 53.3 Å². The Morgan fingerprint density at radius 3 is 1.86 bits per heavy atom. The molecule has 1 amide bonds. The lowest BCUT2D eigenvalue weighted by atomic mass is 9.77. The highest BCUT2D eigenvalue weighted by Crippen LogP contribution is 2.41. The van der Waals surface area contributed by atoms with E-state index < -0.39 is 5.54 Å². The number of hydrogen-bond acceptors (Lipinski definition) is 2. The van der Waals surface area contributed by atoms with Crippen LogP contribution in [-0.4, -0.2) is 15.7 Å². The summed E-state index contributed by atoms with van der Waals surface area (Å²) in [5.74, 6) is -0.0717. The third kappa shape index (κ3) is 3.67. The highest BCUT2D eigenvalue weighted by molar-refractivity contribution is 9.10. The molecular weight excluding hydrogens is 510 g/mol. The van der Waals surface area contributed by atoms with Crippen LogP contribution in [0.25, 0.3) is 0 Å². The Morgan fingerprint density at radius 2 is 1.31 bits per heavy atom. The number of aromatic nitrogens is 2. The third-order valence-electron chi connectivity index (χ3n) is 6.96. The van der Waals surface area contributed by atoms with Crippen LogP contribution in [0.5, 0.6) is 0 Å². The lowest BCUT2D eigenvalue weighted by Gasteiger charge is -2.36. The summed E-state index contributed by atoms with van der Waals surface area (Å²) in [7, 11) is 0. The van der Waals surface area contributed by atoms with Gasteiger partial charge in [-0.05, 0) is 40.5 Å². The molecule has 36 heavy (non-hydrogen) atoms. The van der Waals surface area contributed by atoms with E-state index >= 15 is 0 Å². The van der Waals surface area contributed by atoms with Crippen molar-refractivity contribution in [1.29, 1.82) is 0 Å². The zero-order valence-electron chi connectivity index (χ0n) is 19.5. The van der Waals surface area contributed by atoms with Crippen LogP contribution >= 0.6 is 15.9 Å². The molecule has 1 unspecified atom stereocenters. The largest absolute Gasteiger partial charge is 0.343 e. The first-order valence-electron chi connectivity index (χ1n) is 12.0. The molecule has 1 aliphatic rings. The highest BCUT2D eigenvalue weighted by atomic mass is 79.9. The monoisotopic (exact) mass is 533 g/mol. The lowest BCUT2D eigenvalue weighted by Crippen LogP contribution is -2.39. The number of rotatable bonds is 5. The van der Waals surface area contributed by atoms with E-state index in [2.05, 4.69) is 94.0 Å². The Kier molecular flexibility index (Phi) is 5.78. The van der Waals surface area contributed by atoms with Crippen molar-refractivity contribution >= 4 is 21.8 Å². The Bertz CT molecular complexity index is 1420. The van der Waals surface area contributed by atoms with E-state index in [1.165, 1.54) is 0 Å². The van der Waals surface area contributed by atoms with Gasteiger partial charge in [-0.2, -0.15) is 5.10 Å². The first-order valence-corrected chi connectivity index (χ1v) is 12.8. The molecule has 0 fully saturated rings. The lowest BCUT2D eigenvalue weighted by molar-refractivity contribution is 0.0923. The van der Waals surface area contributed by atoms with Crippen LogP contribution in [0.4, 0.5) is 0 Å². The number of amides is 1. The highest BCUT2D eigenvalue weighted by Gasteiger charge is 2.40. The minimum Gasteiger partial charge on any atom is -0.343 e. The molecule has 0 radical (unpaired) electrons. The molecule has 1 aliphatic heterocycles. The Hall–Kier alpha value is -3.96. The van der Waals surface area contributed by atoms with Gasteiger partial charge in [0, 0.05) is 22.7 Å². The van der Waals surface area contributed by atoms with Crippen LogP contribution in [0.15, 0.2) is 126 Å². The van der Waals surface area contributed by atoms with E-state index in [1.54, 1.807) is 0 Å². The number of carbonyl (C=O) groups excluding carboxylic acids is 1. The topological polar surface area (TPSA) is 46.9 Å². The minimum absolute atomic E-state index is 0.0717. The van der Waals surface area contributed by atoms with Gasteiger partial charge in [0.2, 0.25) is 0 Å². The molecule has 5 aromatic rings. The van der Waals surface area contributed by atoms with E-state index in [0.717, 1.165) is 32.4 Å². The molecule has 176 valence electrons. The summed E-state index contributed by atoms with van der Waals surface area (Å²) in [6, 6.07) is 38.9. The number of carbonyl (C=O) groups is 1. The first kappa shape index (κ1) is 22.5. The Labute approximate surface area is 218 Å². The number of benzene rings is 4. The van der Waals surface area contributed by atoms with Crippen molar-refractivity contribution < 1.29 is 4.79 Å². The van der Waals surface area contributed by atoms with Gasteiger partial charge in [0.15, 0.2) is 0 Å². The fourth-order valence-corrected chi connectivity index (χ4v) is 5.82. The van der Waals surface area contributed by atoms with Gasteiger partial charge in [0.05, 0.1) is 11.7 Å². The van der Waals surface area contributed by atoms with Gasteiger partial charge in [-0.3, -0.25) is 9.48 Å². The summed E-state index contributed by atoms with van der Waals surface area (Å²) in [5.41, 5.74) is 5.21. The molecule has 0 saturated heterocycles. The second kappa shape index (κ2) is 9.25. The molecule has 0 bridgehead atoms. The van der Waals surface area contributed by atoms with Gasteiger partial charge in [-0.25, -0.2) is 0 Å². The second-order valence-electron chi connectivity index (χ2n) is 8.99. The molecule has 0 saturated carbocycles. The normalized spacial score (nSPS) is 15.2. The van der Waals surface area contributed by atoms with Crippen molar-refractivity contribution in [2.45, 2.75) is 18.0 Å². The van der Waals surface area contributed by atoms with Crippen LogP contribution in [0.1, 0.15) is 44.3 Å². The summed E-state index contributed by atoms with van der Waals surface area (Å²) < 4.78 is 3.00. The Balaban J connectivity index is 1.53. The van der Waals surface area contributed by atoms with Crippen LogP contribution in [0, 0.1) is 0 Å². The van der Waals surface area contributed by atoms with E-state index in [9.17, 15) is 4.79 Å². The van der Waals surface area contributed by atoms with Crippen molar-refractivity contribution in [3.05, 3.63) is 159 Å². The SMILES string of the molecule is O=C1NC(c2ccn(C(c3ccccc3)(c3ccccc3)c3ccccc3)n2)Cc2c(Br)cccc21. The number of nitrogens with one attached hydrogen (secondary N) is 1. The number of halogens is 1. The fraction of sp³-hybridized carbons (Fsp3) is 0.0968. The van der Waals surface area contributed by atoms with E-state index in [0.29, 0.717) is 12.0 Å². The van der Waals surface area contributed by atoms with Crippen LogP contribution in [0.2, 0.25) is 0 Å². The summed E-state index contributed by atoms with van der Waals surface area (Å²) in [6.07, 6.45) is 2.71. The average Bonchev–Trinajstić information content (AvgIpc) is 3.42. The van der Waals surface area contributed by atoms with Gasteiger partial charge < -0.3 is 5.32 Å². The average molecular weight is 534 g/mol. The summed E-state index contributed by atoms with van der Waals surface area (Å²) in [5, 5.41) is 8.32. The minimum atomic E-state index is -0.681. The standard InChI is InChI=1S/C31H24BrN3O/c32-27-18-10-17-25-26(27)21-29(33-30(25)36)28-19-20-35(34-28)31(22-11-4-1-5-12-22,23-13-6-2-7-14-23)24-15-8-3-9-16-24/h1-20,29H,21H2,(H,33,36). The summed E-state index contributed by atoms with van der Waals surface area (Å²) >= 11 is 3.63. The van der Waals surface area contributed by atoms with Crippen molar-refractivity contribution in [3.63, 3.8) is 0 Å². The van der Waals surface area contributed by atoms with E-state index in [-0.39, 0.29) is 11.9 Å². The van der Waals surface area contributed by atoms with Crippen molar-refractivity contribution in [2.24, 2.45) is 0 Å². The van der Waals surface area contributed by atoms with Crippen molar-refractivity contribution in [3.8, 4) is 0 Å². The van der Waals surface area contributed by atoms with Crippen molar-refractivity contribution in [1.82, 2.24) is 15.1 Å². The maximum absolute atomic E-state index is 12.9. The number of fused-ring (bicyclic) bond motifs is 1. The van der Waals surface area contributed by atoms with Gasteiger partial charge in [-0.15, -0.1) is 0 Å². The van der Waals surface area contributed by atoms with E-state index in [4.69, 9.17) is 5.10 Å². The molecule has 0 spiro atoms. The smallest absolute Gasteiger partial charge is 0.252 e.